The maximum absolute atomic E-state index is 15.0. The quantitative estimate of drug-likeness (QED) is 0.675. The van der Waals surface area contributed by atoms with E-state index in [9.17, 15) is 13.9 Å². The van der Waals surface area contributed by atoms with Crippen LogP contribution in [0.2, 0.25) is 0 Å². The fourth-order valence-electron chi connectivity index (χ4n) is 4.06. The van der Waals surface area contributed by atoms with Gasteiger partial charge in [-0.2, -0.15) is 0 Å². The van der Waals surface area contributed by atoms with Gasteiger partial charge in [-0.1, -0.05) is 0 Å². The summed E-state index contributed by atoms with van der Waals surface area (Å²) in [5, 5.41) is 21.0. The van der Waals surface area contributed by atoms with Crippen LogP contribution < -0.4 is 10.1 Å². The third-order valence-electron chi connectivity index (χ3n) is 5.62. The molecule has 2 aliphatic rings. The molecule has 4 heterocycles. The van der Waals surface area contributed by atoms with E-state index < -0.39 is 30.0 Å². The van der Waals surface area contributed by atoms with Gasteiger partial charge in [-0.15, -0.1) is 10.2 Å². The monoisotopic (exact) mass is 415 g/mol. The van der Waals surface area contributed by atoms with Crippen LogP contribution in [0.3, 0.4) is 0 Å². The first-order chi connectivity index (χ1) is 14.8. The molecule has 2 fully saturated rings. The van der Waals surface area contributed by atoms with E-state index in [-0.39, 0.29) is 30.3 Å². The highest BCUT2D eigenvalue weighted by molar-refractivity contribution is 5.65. The number of alkyl halides is 2. The van der Waals surface area contributed by atoms with Gasteiger partial charge in [0.05, 0.1) is 29.3 Å². The van der Waals surface area contributed by atoms with Crippen LogP contribution in [-0.4, -0.2) is 59.8 Å². The zero-order valence-electron chi connectivity index (χ0n) is 17.0. The molecule has 156 valence electrons. The fraction of sp³-hybridized carbons (Fsp3) is 0.400. The molecule has 30 heavy (non-hydrogen) atoms. The van der Waals surface area contributed by atoms with Crippen LogP contribution in [0.4, 0.5) is 8.78 Å². The number of ether oxygens (including phenoxy) is 1. The highest BCUT2D eigenvalue weighted by Gasteiger charge is 2.55. The number of nitrogens with one attached hydrogen (secondary N) is 1. The lowest BCUT2D eigenvalue weighted by Gasteiger charge is -2.39. The molecule has 8 nitrogen and oxygen atoms in total. The Balaban J connectivity index is 1.34. The van der Waals surface area contributed by atoms with Crippen molar-refractivity contribution in [2.75, 3.05) is 0 Å². The van der Waals surface area contributed by atoms with Crippen molar-refractivity contribution in [3.8, 4) is 28.7 Å². The molecule has 2 saturated heterocycles. The van der Waals surface area contributed by atoms with Gasteiger partial charge in [-0.25, -0.2) is 18.7 Å². The molecule has 0 saturated carbocycles. The topological polar surface area (TPSA) is 98.0 Å². The first-order valence-corrected chi connectivity index (χ1v) is 9.53. The second-order valence-electron chi connectivity index (χ2n) is 7.79. The van der Waals surface area contributed by atoms with Crippen molar-refractivity contribution in [2.24, 2.45) is 0 Å². The van der Waals surface area contributed by atoms with Gasteiger partial charge in [0, 0.05) is 38.7 Å². The van der Waals surface area contributed by atoms with Gasteiger partial charge in [-0.3, -0.25) is 0 Å². The van der Waals surface area contributed by atoms with E-state index in [0.29, 0.717) is 11.3 Å². The first-order valence-electron chi connectivity index (χ1n) is 10.0. The van der Waals surface area contributed by atoms with Crippen LogP contribution in [0, 0.1) is 0 Å². The Morgan fingerprint density at radius 1 is 1.37 bits per heavy atom. The molecule has 0 unspecified atom stereocenters. The lowest BCUT2D eigenvalue weighted by molar-refractivity contribution is 0.00715. The number of rotatable bonds is 4. The van der Waals surface area contributed by atoms with E-state index in [2.05, 4.69) is 25.5 Å². The van der Waals surface area contributed by atoms with Gasteiger partial charge in [0.25, 0.3) is 5.88 Å². The van der Waals surface area contributed by atoms with Crippen molar-refractivity contribution in [1.82, 2.24) is 30.0 Å². The number of hydrogen-bond donors (Lipinski definition) is 2. The lowest BCUT2D eigenvalue weighted by Crippen LogP contribution is -2.59. The zero-order valence-corrected chi connectivity index (χ0v) is 16.0. The minimum Gasteiger partial charge on any atom is -0.507 e. The summed E-state index contributed by atoms with van der Waals surface area (Å²) in [5.74, 6) is 0.0882. The minimum atomic E-state index is -1.59. The number of imidazole rings is 1. The number of benzene rings is 1. The Hall–Kier alpha value is -3.14. The van der Waals surface area contributed by atoms with Crippen molar-refractivity contribution in [3.63, 3.8) is 0 Å². The standard InChI is InChI=1S/C20H20F2N6O2/c1-20-8-13(21)14(25-20)7-16(18(20)22)30-17-9-24-19(27-26-17)12-3-2-11(6-15(12)29)28-5-4-23-10-28/h2-6,9-10,13-14,16,18,25,29H,7-8H2,1H3/t13-,14+,16-,18+,20+/m1/s1/i14D. The zero-order chi connectivity index (χ0) is 21.8. The number of halogens is 2. The number of hydrogen-bond acceptors (Lipinski definition) is 7. The summed E-state index contributed by atoms with van der Waals surface area (Å²) in [6.07, 6.45) is 1.95. The van der Waals surface area contributed by atoms with Gasteiger partial charge < -0.3 is 19.7 Å². The van der Waals surface area contributed by atoms with Crippen LogP contribution in [0.1, 0.15) is 21.1 Å². The average Bonchev–Trinajstić information content (AvgIpc) is 3.33. The normalized spacial score (nSPS) is 33.3. The molecule has 0 amide bonds. The lowest BCUT2D eigenvalue weighted by atomic mass is 9.88. The van der Waals surface area contributed by atoms with Crippen molar-refractivity contribution in [3.05, 3.63) is 43.1 Å². The van der Waals surface area contributed by atoms with Gasteiger partial charge >= 0.3 is 0 Å². The molecule has 0 aliphatic carbocycles. The molecule has 5 atom stereocenters. The highest BCUT2D eigenvalue weighted by atomic mass is 19.1. The third-order valence-corrected chi connectivity index (χ3v) is 5.62. The predicted octanol–water partition coefficient (Wildman–Crippen LogP) is 2.38. The summed E-state index contributed by atoms with van der Waals surface area (Å²) < 4.78 is 44.8. The molecule has 5 rings (SSSR count). The van der Waals surface area contributed by atoms with E-state index >= 15 is 0 Å². The molecule has 0 spiro atoms. The average molecular weight is 415 g/mol. The van der Waals surface area contributed by atoms with Crippen LogP contribution in [-0.2, 0) is 0 Å². The number of aromatic nitrogens is 5. The smallest absolute Gasteiger partial charge is 0.252 e. The number of nitrogens with zero attached hydrogens (tertiary/aromatic N) is 5. The van der Waals surface area contributed by atoms with Gasteiger partial charge in [0.15, 0.2) is 12.0 Å². The fourth-order valence-corrected chi connectivity index (χ4v) is 4.06. The molecule has 1 aromatic carbocycles. The molecular weight excluding hydrogens is 394 g/mol. The molecule has 2 N–H and O–H groups in total. The summed E-state index contributed by atoms with van der Waals surface area (Å²) in [5.41, 5.74) is -0.0949. The second kappa shape index (κ2) is 6.98. The minimum absolute atomic E-state index is 0.0326. The summed E-state index contributed by atoms with van der Waals surface area (Å²) in [6, 6.07) is 3.37. The number of aromatic hydroxyl groups is 1. The summed E-state index contributed by atoms with van der Waals surface area (Å²) in [6.45, 7) is 1.55. The van der Waals surface area contributed by atoms with Crippen molar-refractivity contribution < 1.29 is 20.0 Å². The molecular formula is C20H20F2N6O2. The van der Waals surface area contributed by atoms with E-state index in [1.807, 2.05) is 0 Å². The van der Waals surface area contributed by atoms with E-state index in [0.717, 1.165) is 0 Å². The Morgan fingerprint density at radius 2 is 2.23 bits per heavy atom. The van der Waals surface area contributed by atoms with Crippen LogP contribution in [0.5, 0.6) is 11.6 Å². The molecule has 2 aliphatic heterocycles. The molecule has 2 bridgehead atoms. The third kappa shape index (κ3) is 3.17. The molecule has 10 heteroatoms. The van der Waals surface area contributed by atoms with E-state index in [1.54, 1.807) is 48.4 Å². The van der Waals surface area contributed by atoms with Gasteiger partial charge in [-0.05, 0) is 19.1 Å². The number of phenolic OH excluding ortho intramolecular Hbond substituents is 1. The Labute approximate surface area is 172 Å². The maximum Gasteiger partial charge on any atom is 0.252 e. The van der Waals surface area contributed by atoms with E-state index in [1.165, 1.54) is 6.20 Å². The largest absolute Gasteiger partial charge is 0.507 e. The van der Waals surface area contributed by atoms with E-state index in [4.69, 9.17) is 6.11 Å². The van der Waals surface area contributed by atoms with Crippen molar-refractivity contribution >= 4 is 0 Å². The van der Waals surface area contributed by atoms with Gasteiger partial charge in [0.2, 0.25) is 0 Å². The summed E-state index contributed by atoms with van der Waals surface area (Å²) >= 11 is 0. The molecule has 0 radical (unpaired) electrons. The Morgan fingerprint density at radius 3 is 2.93 bits per heavy atom. The molecule has 2 aromatic heterocycles. The van der Waals surface area contributed by atoms with Gasteiger partial charge in [0.1, 0.15) is 18.0 Å². The number of phenols is 1. The summed E-state index contributed by atoms with van der Waals surface area (Å²) in [4.78, 5) is 8.13. The van der Waals surface area contributed by atoms with Crippen molar-refractivity contribution in [1.29, 1.82) is 0 Å². The summed E-state index contributed by atoms with van der Waals surface area (Å²) in [7, 11) is 0. The van der Waals surface area contributed by atoms with Crippen LogP contribution >= 0.6 is 0 Å². The predicted molar refractivity (Wildman–Crippen MR) is 103 cm³/mol. The first kappa shape index (κ1) is 17.7. The SMILES string of the molecule is [2H][C@]12C[C@@H](Oc3cnc(-c4ccc(-n5ccnc5)cc4O)nn3)[C@H](F)[C@](C)(C[C@H]1F)N2. The highest BCUT2D eigenvalue weighted by Crippen LogP contribution is 2.40. The maximum atomic E-state index is 15.0. The van der Waals surface area contributed by atoms with Crippen LogP contribution in [0.25, 0.3) is 17.1 Å². The number of piperidine rings is 1. The number of fused-ring (bicyclic) bond motifs is 2. The Kier molecular flexibility index (Phi) is 4.12. The second-order valence-corrected chi connectivity index (χ2v) is 7.79. The Bertz CT molecular complexity index is 1100. The van der Waals surface area contributed by atoms with Crippen molar-refractivity contribution in [2.45, 2.75) is 49.8 Å². The van der Waals surface area contributed by atoms with Crippen LogP contribution in [0.15, 0.2) is 43.1 Å². The molecule has 3 aromatic rings.